The van der Waals surface area contributed by atoms with Crippen LogP contribution >= 0.6 is 0 Å². The van der Waals surface area contributed by atoms with E-state index < -0.39 is 0 Å². The van der Waals surface area contributed by atoms with Crippen molar-refractivity contribution in [3.8, 4) is 0 Å². The third-order valence-corrected chi connectivity index (χ3v) is 4.05. The highest BCUT2D eigenvalue weighted by Gasteiger charge is 2.31. The Kier molecular flexibility index (Phi) is 3.01. The topological polar surface area (TPSA) is 20.2 Å². The molecule has 0 aromatic carbocycles. The molecule has 0 fully saturated rings. The first-order chi connectivity index (χ1) is 7.13. The predicted molar refractivity (Wildman–Crippen MR) is 63.6 cm³/mol. The average molecular weight is 206 g/mol. The van der Waals surface area contributed by atoms with Crippen molar-refractivity contribution in [2.75, 3.05) is 0 Å². The van der Waals surface area contributed by atoms with Crippen molar-refractivity contribution in [1.82, 2.24) is 0 Å². The van der Waals surface area contributed by atoms with Gasteiger partial charge in [-0.3, -0.25) is 0 Å². The molecular weight excluding hydrogens is 184 g/mol. The quantitative estimate of drug-likeness (QED) is 0.696. The standard InChI is InChI=1S/C14H22O/c1-4-12-10(3)8-11-7-9(2)5-6-13(11)14(12)15/h8-9,12,14-15H,4-7H2,1-3H3. The minimum Gasteiger partial charge on any atom is -0.388 e. The molecule has 2 aliphatic rings. The van der Waals surface area contributed by atoms with Gasteiger partial charge in [0.25, 0.3) is 0 Å². The molecule has 0 amide bonds. The van der Waals surface area contributed by atoms with E-state index in [-0.39, 0.29) is 6.10 Å². The molecule has 15 heavy (non-hydrogen) atoms. The molecule has 0 heterocycles. The zero-order valence-electron chi connectivity index (χ0n) is 10.1. The van der Waals surface area contributed by atoms with Gasteiger partial charge in [0.1, 0.15) is 0 Å². The van der Waals surface area contributed by atoms with Crippen LogP contribution in [0.25, 0.3) is 0 Å². The van der Waals surface area contributed by atoms with Crippen LogP contribution in [0.5, 0.6) is 0 Å². The highest BCUT2D eigenvalue weighted by atomic mass is 16.3. The Morgan fingerprint density at radius 2 is 2.20 bits per heavy atom. The van der Waals surface area contributed by atoms with Crippen LogP contribution in [0.1, 0.15) is 46.5 Å². The van der Waals surface area contributed by atoms with Gasteiger partial charge in [0.05, 0.1) is 6.10 Å². The lowest BCUT2D eigenvalue weighted by atomic mass is 9.73. The van der Waals surface area contributed by atoms with Crippen LogP contribution in [-0.4, -0.2) is 11.2 Å². The molecule has 1 nitrogen and oxygen atoms in total. The molecule has 1 heteroatoms. The second kappa shape index (κ2) is 4.13. The van der Waals surface area contributed by atoms with Crippen molar-refractivity contribution in [2.45, 2.75) is 52.6 Å². The van der Waals surface area contributed by atoms with E-state index in [0.717, 1.165) is 18.8 Å². The van der Waals surface area contributed by atoms with Gasteiger partial charge < -0.3 is 5.11 Å². The van der Waals surface area contributed by atoms with Crippen molar-refractivity contribution in [1.29, 1.82) is 0 Å². The first kappa shape index (κ1) is 10.9. The summed E-state index contributed by atoms with van der Waals surface area (Å²) in [6, 6.07) is 0. The predicted octanol–water partition coefficient (Wildman–Crippen LogP) is 3.45. The first-order valence-electron chi connectivity index (χ1n) is 6.21. The number of allylic oxidation sites excluding steroid dienone is 2. The minimum atomic E-state index is -0.192. The summed E-state index contributed by atoms with van der Waals surface area (Å²) in [6.45, 7) is 6.65. The minimum absolute atomic E-state index is 0.192. The van der Waals surface area contributed by atoms with Crippen molar-refractivity contribution in [3.63, 3.8) is 0 Å². The van der Waals surface area contributed by atoms with Gasteiger partial charge in [0.15, 0.2) is 0 Å². The smallest absolute Gasteiger partial charge is 0.0820 e. The maximum atomic E-state index is 10.3. The Hall–Kier alpha value is -0.560. The average Bonchev–Trinajstić information content (AvgIpc) is 2.17. The highest BCUT2D eigenvalue weighted by molar-refractivity contribution is 5.39. The number of hydrogen-bond donors (Lipinski definition) is 1. The molecule has 2 aliphatic carbocycles. The second-order valence-electron chi connectivity index (χ2n) is 5.25. The number of rotatable bonds is 1. The molecule has 0 aromatic rings. The van der Waals surface area contributed by atoms with Gasteiger partial charge in [-0.2, -0.15) is 0 Å². The Balaban J connectivity index is 2.30. The van der Waals surface area contributed by atoms with E-state index in [4.69, 9.17) is 0 Å². The Morgan fingerprint density at radius 1 is 1.47 bits per heavy atom. The summed E-state index contributed by atoms with van der Waals surface area (Å²) in [5.74, 6) is 1.16. The zero-order chi connectivity index (χ0) is 11.0. The second-order valence-corrected chi connectivity index (χ2v) is 5.25. The Labute approximate surface area is 92.9 Å². The van der Waals surface area contributed by atoms with Crippen LogP contribution in [-0.2, 0) is 0 Å². The largest absolute Gasteiger partial charge is 0.388 e. The summed E-state index contributed by atoms with van der Waals surface area (Å²) >= 11 is 0. The molecule has 2 rings (SSSR count). The maximum absolute atomic E-state index is 10.3. The van der Waals surface area contributed by atoms with E-state index in [0.29, 0.717) is 5.92 Å². The summed E-state index contributed by atoms with van der Waals surface area (Å²) in [7, 11) is 0. The van der Waals surface area contributed by atoms with Crippen LogP contribution in [0.2, 0.25) is 0 Å². The number of aliphatic hydroxyl groups is 1. The van der Waals surface area contributed by atoms with Crippen LogP contribution in [0.4, 0.5) is 0 Å². The van der Waals surface area contributed by atoms with E-state index >= 15 is 0 Å². The van der Waals surface area contributed by atoms with E-state index in [2.05, 4.69) is 26.8 Å². The summed E-state index contributed by atoms with van der Waals surface area (Å²) in [4.78, 5) is 0. The molecule has 0 aromatic heterocycles. The number of hydrogen-bond acceptors (Lipinski definition) is 1. The normalized spacial score (nSPS) is 36.3. The van der Waals surface area contributed by atoms with Crippen LogP contribution in [0.15, 0.2) is 22.8 Å². The summed E-state index contributed by atoms with van der Waals surface area (Å²) < 4.78 is 0. The Bertz CT molecular complexity index is 311. The zero-order valence-corrected chi connectivity index (χ0v) is 10.1. The molecule has 0 radical (unpaired) electrons. The summed E-state index contributed by atoms with van der Waals surface area (Å²) in [5.41, 5.74) is 4.15. The van der Waals surface area contributed by atoms with Gasteiger partial charge in [0, 0.05) is 5.92 Å². The highest BCUT2D eigenvalue weighted by Crippen LogP contribution is 2.40. The van der Waals surface area contributed by atoms with E-state index in [1.54, 1.807) is 0 Å². The van der Waals surface area contributed by atoms with Gasteiger partial charge in [0.2, 0.25) is 0 Å². The molecule has 0 bridgehead atoms. The van der Waals surface area contributed by atoms with Crippen molar-refractivity contribution >= 4 is 0 Å². The first-order valence-corrected chi connectivity index (χ1v) is 6.21. The van der Waals surface area contributed by atoms with Crippen molar-refractivity contribution in [2.24, 2.45) is 11.8 Å². The molecule has 0 saturated carbocycles. The fourth-order valence-corrected chi connectivity index (χ4v) is 3.08. The molecule has 3 unspecified atom stereocenters. The lowest BCUT2D eigenvalue weighted by Gasteiger charge is -2.35. The lowest BCUT2D eigenvalue weighted by Crippen LogP contribution is -2.29. The summed E-state index contributed by atoms with van der Waals surface area (Å²) in [6.07, 6.45) is 6.72. The van der Waals surface area contributed by atoms with Crippen molar-refractivity contribution < 1.29 is 5.11 Å². The molecule has 1 N–H and O–H groups in total. The van der Waals surface area contributed by atoms with Crippen LogP contribution in [0.3, 0.4) is 0 Å². The third-order valence-electron chi connectivity index (χ3n) is 4.05. The molecule has 3 atom stereocenters. The fourth-order valence-electron chi connectivity index (χ4n) is 3.08. The molecule has 0 spiro atoms. The number of aliphatic hydroxyl groups excluding tert-OH is 1. The third kappa shape index (κ3) is 1.90. The summed E-state index contributed by atoms with van der Waals surface area (Å²) in [5, 5.41) is 10.3. The van der Waals surface area contributed by atoms with Gasteiger partial charge >= 0.3 is 0 Å². The van der Waals surface area contributed by atoms with Crippen LogP contribution < -0.4 is 0 Å². The Morgan fingerprint density at radius 3 is 2.87 bits per heavy atom. The van der Waals surface area contributed by atoms with Gasteiger partial charge in [-0.1, -0.05) is 25.5 Å². The SMILES string of the molecule is CCC1C(C)=CC2=C(CCC(C)C2)C1O. The molecule has 0 saturated heterocycles. The van der Waals surface area contributed by atoms with Crippen molar-refractivity contribution in [3.05, 3.63) is 22.8 Å². The lowest BCUT2D eigenvalue weighted by molar-refractivity contribution is 0.145. The van der Waals surface area contributed by atoms with Gasteiger partial charge in [-0.05, 0) is 49.7 Å². The molecule has 84 valence electrons. The van der Waals surface area contributed by atoms with Gasteiger partial charge in [-0.15, -0.1) is 0 Å². The maximum Gasteiger partial charge on any atom is 0.0820 e. The van der Waals surface area contributed by atoms with E-state index in [9.17, 15) is 5.11 Å². The van der Waals surface area contributed by atoms with Crippen LogP contribution in [0, 0.1) is 11.8 Å². The van der Waals surface area contributed by atoms with Gasteiger partial charge in [-0.25, -0.2) is 0 Å². The molecular formula is C14H22O. The monoisotopic (exact) mass is 206 g/mol. The van der Waals surface area contributed by atoms with E-state index in [1.807, 2.05) is 0 Å². The fraction of sp³-hybridized carbons (Fsp3) is 0.714. The van der Waals surface area contributed by atoms with E-state index in [1.165, 1.54) is 29.6 Å². The molecule has 0 aliphatic heterocycles.